The largest absolute Gasteiger partial charge is 0.347 e. The lowest BCUT2D eigenvalue weighted by atomic mass is 10.0. The molecule has 0 spiro atoms. The van der Waals surface area contributed by atoms with Gasteiger partial charge in [-0.1, -0.05) is 12.1 Å². The van der Waals surface area contributed by atoms with E-state index >= 15 is 0 Å². The lowest BCUT2D eigenvalue weighted by Crippen LogP contribution is -2.17. The number of nitrogens with two attached hydrogens (primary N) is 1. The van der Waals surface area contributed by atoms with Gasteiger partial charge in [0.2, 0.25) is 0 Å². The maximum Gasteiger partial charge on any atom is 0.110 e. The molecule has 21 heavy (non-hydrogen) atoms. The number of rotatable bonds is 5. The van der Waals surface area contributed by atoms with Crippen LogP contribution >= 0.6 is 0 Å². The summed E-state index contributed by atoms with van der Waals surface area (Å²) in [5.41, 5.74) is 8.56. The molecule has 1 unspecified atom stereocenters. The molecule has 0 saturated carbocycles. The maximum absolute atomic E-state index is 5.94. The van der Waals surface area contributed by atoms with E-state index in [0.29, 0.717) is 0 Å². The Labute approximate surface area is 125 Å². The molecule has 0 bridgehead atoms. The molecule has 3 rings (SSSR count). The molecule has 0 fully saturated rings. The highest BCUT2D eigenvalue weighted by Crippen LogP contribution is 2.21. The second-order valence-corrected chi connectivity index (χ2v) is 5.74. The monoisotopic (exact) mass is 282 g/mol. The lowest BCUT2D eigenvalue weighted by Gasteiger charge is -2.09. The normalized spacial score (nSPS) is 12.9. The van der Waals surface area contributed by atoms with Gasteiger partial charge in [-0.25, -0.2) is 4.98 Å². The van der Waals surface area contributed by atoms with Gasteiger partial charge in [0.05, 0.1) is 0 Å². The Morgan fingerprint density at radius 2 is 2.10 bits per heavy atom. The van der Waals surface area contributed by atoms with E-state index in [1.165, 1.54) is 16.5 Å². The van der Waals surface area contributed by atoms with E-state index in [2.05, 4.69) is 51.5 Å². The van der Waals surface area contributed by atoms with Crippen molar-refractivity contribution >= 4 is 10.9 Å². The van der Waals surface area contributed by atoms with Crippen LogP contribution in [0.25, 0.3) is 10.9 Å². The minimum Gasteiger partial charge on any atom is -0.347 e. The number of hydrogen-bond acceptors (Lipinski definition) is 2. The average molecular weight is 282 g/mol. The quantitative estimate of drug-likeness (QED) is 0.781. The molecule has 2 heterocycles. The zero-order valence-electron chi connectivity index (χ0n) is 12.7. The SMILES string of the molecule is CC(N)Cc1cccc2c1ccn2CCc1nccn1C. The van der Waals surface area contributed by atoms with Crippen molar-refractivity contribution in [1.82, 2.24) is 14.1 Å². The Balaban J connectivity index is 1.85. The van der Waals surface area contributed by atoms with Crippen LogP contribution < -0.4 is 5.73 Å². The van der Waals surface area contributed by atoms with Gasteiger partial charge in [0.1, 0.15) is 5.82 Å². The van der Waals surface area contributed by atoms with E-state index in [4.69, 9.17) is 5.73 Å². The number of nitrogens with zero attached hydrogens (tertiary/aromatic N) is 3. The Hall–Kier alpha value is -2.07. The van der Waals surface area contributed by atoms with Crippen LogP contribution in [0.1, 0.15) is 18.3 Å². The Bertz CT molecular complexity index is 736. The summed E-state index contributed by atoms with van der Waals surface area (Å²) in [6, 6.07) is 8.86. The summed E-state index contributed by atoms with van der Waals surface area (Å²) in [6.45, 7) is 2.99. The maximum atomic E-state index is 5.94. The summed E-state index contributed by atoms with van der Waals surface area (Å²) >= 11 is 0. The number of aromatic nitrogens is 3. The number of hydrogen-bond donors (Lipinski definition) is 1. The highest BCUT2D eigenvalue weighted by Gasteiger charge is 2.08. The summed E-state index contributed by atoms with van der Waals surface area (Å²) in [7, 11) is 2.04. The van der Waals surface area contributed by atoms with Crippen molar-refractivity contribution in [3.8, 4) is 0 Å². The van der Waals surface area contributed by atoms with Crippen LogP contribution in [0.3, 0.4) is 0 Å². The fourth-order valence-electron chi connectivity index (χ4n) is 2.86. The molecule has 3 aromatic rings. The molecule has 4 heteroatoms. The number of aryl methyl sites for hydroxylation is 3. The zero-order chi connectivity index (χ0) is 14.8. The molecule has 4 nitrogen and oxygen atoms in total. The summed E-state index contributed by atoms with van der Waals surface area (Å²) < 4.78 is 4.38. The van der Waals surface area contributed by atoms with E-state index < -0.39 is 0 Å². The minimum atomic E-state index is 0.187. The van der Waals surface area contributed by atoms with Crippen LogP contribution in [0.2, 0.25) is 0 Å². The van der Waals surface area contributed by atoms with Crippen molar-refractivity contribution in [2.75, 3.05) is 0 Å². The van der Waals surface area contributed by atoms with E-state index in [-0.39, 0.29) is 6.04 Å². The highest BCUT2D eigenvalue weighted by atomic mass is 15.0. The minimum absolute atomic E-state index is 0.187. The van der Waals surface area contributed by atoms with Gasteiger partial charge >= 0.3 is 0 Å². The van der Waals surface area contributed by atoms with Crippen LogP contribution in [-0.4, -0.2) is 20.2 Å². The van der Waals surface area contributed by atoms with Gasteiger partial charge < -0.3 is 14.9 Å². The van der Waals surface area contributed by atoms with Crippen molar-refractivity contribution in [3.05, 3.63) is 54.2 Å². The van der Waals surface area contributed by atoms with Crippen LogP contribution in [0.5, 0.6) is 0 Å². The highest BCUT2D eigenvalue weighted by molar-refractivity contribution is 5.83. The van der Waals surface area contributed by atoms with Gasteiger partial charge in [-0.05, 0) is 31.0 Å². The van der Waals surface area contributed by atoms with E-state index in [1.54, 1.807) is 0 Å². The van der Waals surface area contributed by atoms with Gasteiger partial charge in [0.25, 0.3) is 0 Å². The fraction of sp³-hybridized carbons (Fsp3) is 0.353. The van der Waals surface area contributed by atoms with Crippen LogP contribution in [0.4, 0.5) is 0 Å². The molecule has 0 saturated heterocycles. The van der Waals surface area contributed by atoms with Crippen molar-refractivity contribution in [2.45, 2.75) is 32.4 Å². The molecule has 1 atom stereocenters. The van der Waals surface area contributed by atoms with Crippen LogP contribution in [-0.2, 0) is 26.4 Å². The molecule has 110 valence electrons. The second kappa shape index (κ2) is 5.74. The first-order chi connectivity index (χ1) is 10.1. The molecule has 0 aliphatic rings. The molecular formula is C17H22N4. The predicted octanol–water partition coefficient (Wildman–Crippen LogP) is 2.51. The van der Waals surface area contributed by atoms with Gasteiger partial charge in [-0.3, -0.25) is 0 Å². The number of imidazole rings is 1. The molecule has 0 radical (unpaired) electrons. The van der Waals surface area contributed by atoms with Gasteiger partial charge in [-0.2, -0.15) is 0 Å². The Morgan fingerprint density at radius 1 is 1.24 bits per heavy atom. The first-order valence-corrected chi connectivity index (χ1v) is 7.43. The van der Waals surface area contributed by atoms with E-state index in [9.17, 15) is 0 Å². The van der Waals surface area contributed by atoms with Crippen LogP contribution in [0, 0.1) is 0 Å². The summed E-state index contributed by atoms with van der Waals surface area (Å²) in [6.07, 6.45) is 7.86. The predicted molar refractivity (Wildman–Crippen MR) is 86.2 cm³/mol. The lowest BCUT2D eigenvalue weighted by molar-refractivity contribution is 0.667. The van der Waals surface area contributed by atoms with Gasteiger partial charge in [0, 0.05) is 55.5 Å². The van der Waals surface area contributed by atoms with Crippen molar-refractivity contribution < 1.29 is 0 Å². The Kier molecular flexibility index (Phi) is 3.80. The molecule has 1 aromatic carbocycles. The topological polar surface area (TPSA) is 48.8 Å². The summed E-state index contributed by atoms with van der Waals surface area (Å²) in [5, 5.41) is 1.31. The fourth-order valence-corrected chi connectivity index (χ4v) is 2.86. The average Bonchev–Trinajstić information content (AvgIpc) is 3.03. The third-order valence-electron chi connectivity index (χ3n) is 3.94. The zero-order valence-corrected chi connectivity index (χ0v) is 12.7. The van der Waals surface area contributed by atoms with Crippen LogP contribution in [0.15, 0.2) is 42.9 Å². The first-order valence-electron chi connectivity index (χ1n) is 7.43. The third kappa shape index (κ3) is 2.85. The number of benzene rings is 1. The van der Waals surface area contributed by atoms with E-state index in [1.807, 2.05) is 19.4 Å². The molecular weight excluding hydrogens is 260 g/mol. The Morgan fingerprint density at radius 3 is 2.81 bits per heavy atom. The smallest absolute Gasteiger partial charge is 0.110 e. The standard InChI is InChI=1S/C17H22N4/c1-13(18)12-14-4-3-5-16-15(14)6-9-21(16)10-7-17-19-8-11-20(17)2/h3-6,8-9,11,13H,7,10,12,18H2,1-2H3. The van der Waals surface area contributed by atoms with Gasteiger partial charge in [-0.15, -0.1) is 0 Å². The van der Waals surface area contributed by atoms with Gasteiger partial charge in [0.15, 0.2) is 0 Å². The molecule has 2 aromatic heterocycles. The third-order valence-corrected chi connectivity index (χ3v) is 3.94. The van der Waals surface area contributed by atoms with Crippen molar-refractivity contribution in [1.29, 1.82) is 0 Å². The van der Waals surface area contributed by atoms with E-state index in [0.717, 1.165) is 25.2 Å². The number of fused-ring (bicyclic) bond motifs is 1. The molecule has 2 N–H and O–H groups in total. The summed E-state index contributed by atoms with van der Waals surface area (Å²) in [4.78, 5) is 4.39. The summed E-state index contributed by atoms with van der Waals surface area (Å²) in [5.74, 6) is 1.11. The van der Waals surface area contributed by atoms with Crippen molar-refractivity contribution in [2.24, 2.45) is 12.8 Å². The van der Waals surface area contributed by atoms with Crippen molar-refractivity contribution in [3.63, 3.8) is 0 Å². The molecule has 0 aliphatic carbocycles. The molecule has 0 aliphatic heterocycles. The first kappa shape index (κ1) is 13.9. The molecule has 0 amide bonds. The second-order valence-electron chi connectivity index (χ2n) is 5.74.